The molecule has 1 aromatic rings. The lowest BCUT2D eigenvalue weighted by molar-refractivity contribution is -0.126. The molecule has 6 nitrogen and oxygen atoms in total. The van der Waals surface area contributed by atoms with Crippen LogP contribution in [0.4, 0.5) is 0 Å². The minimum absolute atomic E-state index is 0.0384. The summed E-state index contributed by atoms with van der Waals surface area (Å²) in [7, 11) is -2.36. The summed E-state index contributed by atoms with van der Waals surface area (Å²) >= 11 is 5.98. The molecule has 2 rings (SSSR count). The monoisotopic (exact) mass is 402 g/mol. The van der Waals surface area contributed by atoms with E-state index in [0.717, 1.165) is 19.3 Å². The van der Waals surface area contributed by atoms with Crippen LogP contribution in [-0.4, -0.2) is 45.4 Å². The number of piperidine rings is 1. The standard InChI is InChI=1S/C18H27ClN2O4S/c1-3-4-5-10-20-18(22)14-7-6-11-21(13-14)26(23,24)17-12-15(19)8-9-16(17)25-2/h8-9,12,14H,3-7,10-11,13H2,1-2H3,(H,20,22). The number of halogens is 1. The van der Waals surface area contributed by atoms with Crippen LogP contribution in [0, 0.1) is 5.92 Å². The van der Waals surface area contributed by atoms with Crippen LogP contribution in [-0.2, 0) is 14.8 Å². The summed E-state index contributed by atoms with van der Waals surface area (Å²) in [6.45, 7) is 3.31. The van der Waals surface area contributed by atoms with Gasteiger partial charge in [0, 0.05) is 24.7 Å². The number of unbranched alkanes of at least 4 members (excludes halogenated alkanes) is 2. The number of nitrogens with zero attached hydrogens (tertiary/aromatic N) is 1. The van der Waals surface area contributed by atoms with Crippen LogP contribution in [0.1, 0.15) is 39.0 Å². The molecule has 146 valence electrons. The lowest BCUT2D eigenvalue weighted by Crippen LogP contribution is -2.45. The molecule has 1 N–H and O–H groups in total. The van der Waals surface area contributed by atoms with Crippen molar-refractivity contribution >= 4 is 27.5 Å². The molecule has 26 heavy (non-hydrogen) atoms. The largest absolute Gasteiger partial charge is 0.495 e. The molecular formula is C18H27ClN2O4S. The highest BCUT2D eigenvalue weighted by molar-refractivity contribution is 7.89. The number of carbonyl (C=O) groups is 1. The summed E-state index contributed by atoms with van der Waals surface area (Å²) in [6.07, 6.45) is 4.44. The molecule has 1 amide bonds. The number of sulfonamides is 1. The van der Waals surface area contributed by atoms with E-state index in [9.17, 15) is 13.2 Å². The predicted octanol–water partition coefficient (Wildman–Crippen LogP) is 3.06. The van der Waals surface area contributed by atoms with Crippen LogP contribution in [0.3, 0.4) is 0 Å². The van der Waals surface area contributed by atoms with Gasteiger partial charge in [0.15, 0.2) is 0 Å². The third kappa shape index (κ3) is 5.11. The third-order valence-corrected chi connectivity index (χ3v) is 6.70. The zero-order valence-electron chi connectivity index (χ0n) is 15.3. The number of rotatable bonds is 8. The number of nitrogens with one attached hydrogen (secondary N) is 1. The molecule has 0 spiro atoms. The van der Waals surface area contributed by atoms with Crippen LogP contribution < -0.4 is 10.1 Å². The predicted molar refractivity (Wildman–Crippen MR) is 102 cm³/mol. The molecule has 1 fully saturated rings. The maximum absolute atomic E-state index is 13.0. The molecule has 1 atom stereocenters. The summed E-state index contributed by atoms with van der Waals surface area (Å²) in [5.41, 5.74) is 0. The van der Waals surface area contributed by atoms with E-state index in [2.05, 4.69) is 12.2 Å². The second-order valence-electron chi connectivity index (χ2n) is 6.50. The van der Waals surface area contributed by atoms with Gasteiger partial charge in [-0.3, -0.25) is 4.79 Å². The Hall–Kier alpha value is -1.31. The molecule has 1 unspecified atom stereocenters. The summed E-state index contributed by atoms with van der Waals surface area (Å²) in [5.74, 6) is -0.148. The van der Waals surface area contributed by atoms with E-state index in [4.69, 9.17) is 16.3 Å². The number of hydrogen-bond acceptors (Lipinski definition) is 4. The molecule has 1 aliphatic rings. The summed E-state index contributed by atoms with van der Waals surface area (Å²) in [5, 5.41) is 3.25. The topological polar surface area (TPSA) is 75.7 Å². The fourth-order valence-corrected chi connectivity index (χ4v) is 5.04. The first-order valence-electron chi connectivity index (χ1n) is 9.01. The minimum Gasteiger partial charge on any atom is -0.495 e. The molecule has 8 heteroatoms. The molecule has 1 saturated heterocycles. The highest BCUT2D eigenvalue weighted by Crippen LogP contribution is 2.31. The first-order chi connectivity index (χ1) is 12.4. The van der Waals surface area contributed by atoms with E-state index < -0.39 is 10.0 Å². The molecule has 1 aliphatic heterocycles. The lowest BCUT2D eigenvalue weighted by Gasteiger charge is -2.31. The molecule has 0 bridgehead atoms. The molecule has 0 aliphatic carbocycles. The zero-order valence-corrected chi connectivity index (χ0v) is 16.9. The van der Waals surface area contributed by atoms with Gasteiger partial charge in [-0.2, -0.15) is 4.31 Å². The fourth-order valence-electron chi connectivity index (χ4n) is 3.10. The van der Waals surface area contributed by atoms with Gasteiger partial charge in [-0.15, -0.1) is 0 Å². The van der Waals surface area contributed by atoms with E-state index in [-0.39, 0.29) is 29.0 Å². The van der Waals surface area contributed by atoms with Crippen molar-refractivity contribution in [3.63, 3.8) is 0 Å². The van der Waals surface area contributed by atoms with Gasteiger partial charge >= 0.3 is 0 Å². The Balaban J connectivity index is 2.10. The number of hydrogen-bond donors (Lipinski definition) is 1. The van der Waals surface area contributed by atoms with Crippen LogP contribution in [0.5, 0.6) is 5.75 Å². The molecule has 0 radical (unpaired) electrons. The summed E-state index contributed by atoms with van der Waals surface area (Å²) in [6, 6.07) is 4.52. The summed E-state index contributed by atoms with van der Waals surface area (Å²) in [4.78, 5) is 12.4. The van der Waals surface area contributed by atoms with Crippen molar-refractivity contribution in [1.82, 2.24) is 9.62 Å². The Morgan fingerprint density at radius 2 is 2.15 bits per heavy atom. The van der Waals surface area contributed by atoms with Crippen LogP contribution in [0.25, 0.3) is 0 Å². The maximum atomic E-state index is 13.0. The van der Waals surface area contributed by atoms with Gasteiger partial charge in [0.05, 0.1) is 13.0 Å². The van der Waals surface area contributed by atoms with Crippen molar-refractivity contribution in [3.8, 4) is 5.75 Å². The first kappa shape index (κ1) is 21.0. The van der Waals surface area contributed by atoms with E-state index in [1.54, 1.807) is 6.07 Å². The third-order valence-electron chi connectivity index (χ3n) is 4.58. The second kappa shape index (κ2) is 9.58. The first-order valence-corrected chi connectivity index (χ1v) is 10.8. The maximum Gasteiger partial charge on any atom is 0.246 e. The van der Waals surface area contributed by atoms with Gasteiger partial charge in [0.25, 0.3) is 0 Å². The SMILES string of the molecule is CCCCCNC(=O)C1CCCN(S(=O)(=O)c2cc(Cl)ccc2OC)C1. The Labute approximate surface area is 160 Å². The van der Waals surface area contributed by atoms with Gasteiger partial charge in [-0.1, -0.05) is 31.4 Å². The number of benzene rings is 1. The van der Waals surface area contributed by atoms with Crippen LogP contribution in [0.2, 0.25) is 5.02 Å². The number of methoxy groups -OCH3 is 1. The van der Waals surface area contributed by atoms with Gasteiger partial charge in [0.2, 0.25) is 15.9 Å². The van der Waals surface area contributed by atoms with Gasteiger partial charge in [-0.25, -0.2) is 8.42 Å². The van der Waals surface area contributed by atoms with Gasteiger partial charge < -0.3 is 10.1 Å². The number of carbonyl (C=O) groups excluding carboxylic acids is 1. The van der Waals surface area contributed by atoms with Crippen molar-refractivity contribution < 1.29 is 17.9 Å². The van der Waals surface area contributed by atoms with Crippen molar-refractivity contribution in [3.05, 3.63) is 23.2 Å². The zero-order chi connectivity index (χ0) is 19.2. The Morgan fingerprint density at radius 3 is 2.85 bits per heavy atom. The number of ether oxygens (including phenoxy) is 1. The van der Waals surface area contributed by atoms with Crippen molar-refractivity contribution in [2.24, 2.45) is 5.92 Å². The van der Waals surface area contributed by atoms with Crippen molar-refractivity contribution in [2.45, 2.75) is 43.9 Å². The molecular weight excluding hydrogens is 376 g/mol. The highest BCUT2D eigenvalue weighted by Gasteiger charge is 2.34. The molecule has 0 saturated carbocycles. The van der Waals surface area contributed by atoms with Crippen LogP contribution >= 0.6 is 11.6 Å². The van der Waals surface area contributed by atoms with E-state index >= 15 is 0 Å². The summed E-state index contributed by atoms with van der Waals surface area (Å²) < 4.78 is 32.6. The number of amides is 1. The van der Waals surface area contributed by atoms with Gasteiger partial charge in [0.1, 0.15) is 10.6 Å². The average molecular weight is 403 g/mol. The van der Waals surface area contributed by atoms with E-state index in [1.807, 2.05) is 0 Å². The molecule has 1 aromatic carbocycles. The molecule has 1 heterocycles. The minimum atomic E-state index is -3.78. The highest BCUT2D eigenvalue weighted by atomic mass is 35.5. The quantitative estimate of drug-likeness (QED) is 0.678. The average Bonchev–Trinajstić information content (AvgIpc) is 2.65. The van der Waals surface area contributed by atoms with Crippen LogP contribution in [0.15, 0.2) is 23.1 Å². The molecule has 0 aromatic heterocycles. The van der Waals surface area contributed by atoms with Crippen molar-refractivity contribution in [1.29, 1.82) is 0 Å². The van der Waals surface area contributed by atoms with E-state index in [0.29, 0.717) is 31.0 Å². The fraction of sp³-hybridized carbons (Fsp3) is 0.611. The Morgan fingerprint density at radius 1 is 1.38 bits per heavy atom. The normalized spacial score (nSPS) is 18.5. The Bertz CT molecular complexity index is 724. The smallest absolute Gasteiger partial charge is 0.246 e. The Kier molecular flexibility index (Phi) is 7.73. The lowest BCUT2D eigenvalue weighted by atomic mass is 9.99. The van der Waals surface area contributed by atoms with E-state index in [1.165, 1.54) is 23.5 Å². The second-order valence-corrected chi connectivity index (χ2v) is 8.84. The van der Waals surface area contributed by atoms with Gasteiger partial charge in [-0.05, 0) is 37.5 Å². The van der Waals surface area contributed by atoms with Crippen molar-refractivity contribution in [2.75, 3.05) is 26.7 Å².